The average Bonchev–Trinajstić information content (AvgIpc) is 2.86. The fourth-order valence-corrected chi connectivity index (χ4v) is 2.51. The van der Waals surface area contributed by atoms with E-state index in [1.807, 2.05) is 0 Å². The molecular weight excluding hydrogens is 232 g/mol. The molecule has 1 aliphatic heterocycles. The summed E-state index contributed by atoms with van der Waals surface area (Å²) < 4.78 is 0. The van der Waals surface area contributed by atoms with E-state index in [1.165, 1.54) is 12.1 Å². The quantitative estimate of drug-likeness (QED) is 0.658. The van der Waals surface area contributed by atoms with Gasteiger partial charge in [-0.25, -0.2) is 0 Å². The molecule has 1 aliphatic rings. The van der Waals surface area contributed by atoms with Gasteiger partial charge in [-0.15, -0.1) is 0 Å². The van der Waals surface area contributed by atoms with Crippen LogP contribution in [0, 0.1) is 16.0 Å². The van der Waals surface area contributed by atoms with Crippen LogP contribution in [-0.2, 0) is 6.61 Å². The van der Waals surface area contributed by atoms with Gasteiger partial charge in [0.15, 0.2) is 0 Å². The van der Waals surface area contributed by atoms with Crippen molar-refractivity contribution in [2.75, 3.05) is 18.0 Å². The number of aliphatic hydroxyl groups is 1. The molecule has 1 aromatic rings. The van der Waals surface area contributed by atoms with Crippen molar-refractivity contribution >= 4 is 11.4 Å². The standard InChI is InChI=1S/C13H18N2O3/c1-2-10-5-6-14(8-10)13-4-3-12(15(17)18)7-11(13)9-16/h3-4,7,10,16H,2,5-6,8-9H2,1H3. The lowest BCUT2D eigenvalue weighted by atomic mass is 10.1. The Morgan fingerprint density at radius 3 is 2.89 bits per heavy atom. The highest BCUT2D eigenvalue weighted by Crippen LogP contribution is 2.30. The molecule has 2 rings (SSSR count). The zero-order valence-electron chi connectivity index (χ0n) is 10.5. The minimum atomic E-state index is -0.429. The van der Waals surface area contributed by atoms with Crippen molar-refractivity contribution in [2.24, 2.45) is 5.92 Å². The maximum Gasteiger partial charge on any atom is 0.269 e. The first-order valence-corrected chi connectivity index (χ1v) is 6.28. The highest BCUT2D eigenvalue weighted by Gasteiger charge is 2.23. The van der Waals surface area contributed by atoms with E-state index in [-0.39, 0.29) is 12.3 Å². The van der Waals surface area contributed by atoms with E-state index in [4.69, 9.17) is 0 Å². The number of nitro benzene ring substituents is 1. The number of anilines is 1. The first kappa shape index (κ1) is 12.8. The molecular formula is C13H18N2O3. The first-order chi connectivity index (χ1) is 8.65. The van der Waals surface area contributed by atoms with E-state index in [9.17, 15) is 15.2 Å². The van der Waals surface area contributed by atoms with Crippen molar-refractivity contribution in [3.63, 3.8) is 0 Å². The Kier molecular flexibility index (Phi) is 3.81. The van der Waals surface area contributed by atoms with Crippen LogP contribution >= 0.6 is 0 Å². The summed E-state index contributed by atoms with van der Waals surface area (Å²) in [4.78, 5) is 12.5. The zero-order valence-corrected chi connectivity index (χ0v) is 10.5. The first-order valence-electron chi connectivity index (χ1n) is 6.28. The van der Waals surface area contributed by atoms with E-state index < -0.39 is 4.92 Å². The van der Waals surface area contributed by atoms with Crippen LogP contribution in [0.4, 0.5) is 11.4 Å². The molecule has 1 unspecified atom stereocenters. The molecule has 18 heavy (non-hydrogen) atoms. The Labute approximate surface area is 106 Å². The van der Waals surface area contributed by atoms with Crippen molar-refractivity contribution in [1.29, 1.82) is 0 Å². The van der Waals surface area contributed by atoms with Crippen LogP contribution in [0.3, 0.4) is 0 Å². The van der Waals surface area contributed by atoms with E-state index in [0.717, 1.165) is 31.6 Å². The van der Waals surface area contributed by atoms with Gasteiger partial charge in [0.2, 0.25) is 0 Å². The Morgan fingerprint density at radius 2 is 2.33 bits per heavy atom. The van der Waals surface area contributed by atoms with Gasteiger partial charge in [0, 0.05) is 36.5 Å². The summed E-state index contributed by atoms with van der Waals surface area (Å²) >= 11 is 0. The second-order valence-corrected chi connectivity index (χ2v) is 4.74. The molecule has 1 saturated heterocycles. The predicted octanol–water partition coefficient (Wildman–Crippen LogP) is 2.32. The molecule has 0 bridgehead atoms. The van der Waals surface area contributed by atoms with Crippen LogP contribution in [0.25, 0.3) is 0 Å². The highest BCUT2D eigenvalue weighted by molar-refractivity contribution is 5.58. The molecule has 0 aliphatic carbocycles. The van der Waals surface area contributed by atoms with Gasteiger partial charge >= 0.3 is 0 Å². The van der Waals surface area contributed by atoms with Gasteiger partial charge in [0.25, 0.3) is 5.69 Å². The molecule has 5 nitrogen and oxygen atoms in total. The highest BCUT2D eigenvalue weighted by atomic mass is 16.6. The second-order valence-electron chi connectivity index (χ2n) is 4.74. The van der Waals surface area contributed by atoms with Gasteiger partial charge in [-0.3, -0.25) is 10.1 Å². The third-order valence-electron chi connectivity index (χ3n) is 3.65. The summed E-state index contributed by atoms with van der Waals surface area (Å²) in [5.74, 6) is 0.687. The van der Waals surface area contributed by atoms with Gasteiger partial charge in [0.1, 0.15) is 0 Å². The number of non-ortho nitro benzene ring substituents is 1. The minimum absolute atomic E-state index is 0.0361. The summed E-state index contributed by atoms with van der Waals surface area (Å²) in [6.07, 6.45) is 2.30. The third-order valence-corrected chi connectivity index (χ3v) is 3.65. The molecule has 0 amide bonds. The van der Waals surface area contributed by atoms with Gasteiger partial charge in [-0.2, -0.15) is 0 Å². The van der Waals surface area contributed by atoms with Crippen molar-refractivity contribution in [3.8, 4) is 0 Å². The molecule has 0 aromatic heterocycles. The lowest BCUT2D eigenvalue weighted by Gasteiger charge is -2.21. The number of nitro groups is 1. The van der Waals surface area contributed by atoms with Gasteiger partial charge in [-0.05, 0) is 18.4 Å². The SMILES string of the molecule is CCC1CCN(c2ccc([N+](=O)[O-])cc2CO)C1. The van der Waals surface area contributed by atoms with Gasteiger partial charge in [0.05, 0.1) is 11.5 Å². The Hall–Kier alpha value is -1.62. The molecule has 1 fully saturated rings. The minimum Gasteiger partial charge on any atom is -0.392 e. The number of rotatable bonds is 4. The van der Waals surface area contributed by atoms with E-state index in [2.05, 4.69) is 11.8 Å². The van der Waals surface area contributed by atoms with Crippen LogP contribution in [0.5, 0.6) is 0 Å². The molecule has 1 heterocycles. The predicted molar refractivity (Wildman–Crippen MR) is 69.6 cm³/mol. The summed E-state index contributed by atoms with van der Waals surface area (Å²) in [5.41, 5.74) is 1.61. The Balaban J connectivity index is 2.25. The molecule has 5 heteroatoms. The van der Waals surface area contributed by atoms with Crippen LogP contribution in [0.2, 0.25) is 0 Å². The van der Waals surface area contributed by atoms with Crippen molar-refractivity contribution in [1.82, 2.24) is 0 Å². The summed E-state index contributed by atoms with van der Waals surface area (Å²) in [7, 11) is 0. The molecule has 0 radical (unpaired) electrons. The largest absolute Gasteiger partial charge is 0.392 e. The normalized spacial score (nSPS) is 19.2. The maximum atomic E-state index is 10.7. The van der Waals surface area contributed by atoms with Crippen LogP contribution in [0.15, 0.2) is 18.2 Å². The number of hydrogen-bond donors (Lipinski definition) is 1. The van der Waals surface area contributed by atoms with Crippen molar-refractivity contribution in [2.45, 2.75) is 26.4 Å². The number of benzene rings is 1. The smallest absolute Gasteiger partial charge is 0.269 e. The number of nitrogens with zero attached hydrogens (tertiary/aromatic N) is 2. The second kappa shape index (κ2) is 5.35. The Bertz CT molecular complexity index is 448. The number of hydrogen-bond acceptors (Lipinski definition) is 4. The zero-order chi connectivity index (χ0) is 13.1. The van der Waals surface area contributed by atoms with Crippen LogP contribution in [0.1, 0.15) is 25.3 Å². The molecule has 98 valence electrons. The van der Waals surface area contributed by atoms with Crippen LogP contribution < -0.4 is 4.90 Å². The third kappa shape index (κ3) is 2.46. The Morgan fingerprint density at radius 1 is 1.56 bits per heavy atom. The summed E-state index contributed by atoms with van der Waals surface area (Å²) in [6, 6.07) is 4.73. The van der Waals surface area contributed by atoms with Gasteiger partial charge in [-0.1, -0.05) is 13.3 Å². The fraction of sp³-hybridized carbons (Fsp3) is 0.538. The molecule has 0 saturated carbocycles. The lowest BCUT2D eigenvalue weighted by Crippen LogP contribution is -2.21. The summed E-state index contributed by atoms with van der Waals surface area (Å²) in [5, 5.41) is 20.1. The fourth-order valence-electron chi connectivity index (χ4n) is 2.51. The van der Waals surface area contributed by atoms with Crippen LogP contribution in [-0.4, -0.2) is 23.1 Å². The molecule has 1 aromatic carbocycles. The summed E-state index contributed by atoms with van der Waals surface area (Å²) in [6.45, 7) is 3.95. The number of aliphatic hydroxyl groups excluding tert-OH is 1. The van der Waals surface area contributed by atoms with Crippen molar-refractivity contribution < 1.29 is 10.0 Å². The monoisotopic (exact) mass is 250 g/mol. The molecule has 1 N–H and O–H groups in total. The average molecular weight is 250 g/mol. The topological polar surface area (TPSA) is 66.6 Å². The van der Waals surface area contributed by atoms with Gasteiger partial charge < -0.3 is 10.0 Å². The molecule has 0 spiro atoms. The van der Waals surface area contributed by atoms with E-state index >= 15 is 0 Å². The maximum absolute atomic E-state index is 10.7. The van der Waals surface area contributed by atoms with Crippen molar-refractivity contribution in [3.05, 3.63) is 33.9 Å². The van der Waals surface area contributed by atoms with E-state index in [0.29, 0.717) is 11.5 Å². The lowest BCUT2D eigenvalue weighted by molar-refractivity contribution is -0.384. The molecule has 1 atom stereocenters. The van der Waals surface area contributed by atoms with E-state index in [1.54, 1.807) is 6.07 Å².